The van der Waals surface area contributed by atoms with Gasteiger partial charge in [0, 0.05) is 12.6 Å². The minimum atomic E-state index is -1.09. The predicted molar refractivity (Wildman–Crippen MR) is 47.1 cm³/mol. The maximum absolute atomic E-state index is 13.3. The van der Waals surface area contributed by atoms with Crippen LogP contribution in [0.4, 0.5) is 10.1 Å². The van der Waals surface area contributed by atoms with Crippen molar-refractivity contribution in [3.05, 3.63) is 23.8 Å². The molecule has 0 bridgehead atoms. The fraction of sp³-hybridized carbons (Fsp3) is 0.250. The van der Waals surface area contributed by atoms with Gasteiger partial charge in [-0.25, -0.2) is 4.39 Å². The SMILES string of the molecule is [B]c1ccc2c(c1)C(F)N(C)N2. The fourth-order valence-electron chi connectivity index (χ4n) is 1.34. The van der Waals surface area contributed by atoms with Crippen molar-refractivity contribution in [2.45, 2.75) is 6.30 Å². The maximum atomic E-state index is 13.3. The van der Waals surface area contributed by atoms with Gasteiger partial charge in [0.1, 0.15) is 7.85 Å². The van der Waals surface area contributed by atoms with Crippen molar-refractivity contribution >= 4 is 19.0 Å². The van der Waals surface area contributed by atoms with Gasteiger partial charge in [-0.05, 0) is 6.07 Å². The monoisotopic (exact) mass is 162 g/mol. The van der Waals surface area contributed by atoms with Crippen molar-refractivity contribution in [2.24, 2.45) is 0 Å². The molecule has 0 aromatic heterocycles. The summed E-state index contributed by atoms with van der Waals surface area (Å²) in [5, 5.41) is 1.41. The van der Waals surface area contributed by atoms with Crippen molar-refractivity contribution in [3.63, 3.8) is 0 Å². The molecule has 2 radical (unpaired) electrons. The van der Waals surface area contributed by atoms with Crippen LogP contribution in [0.1, 0.15) is 11.9 Å². The molecule has 1 aliphatic heterocycles. The lowest BCUT2D eigenvalue weighted by Gasteiger charge is -2.10. The van der Waals surface area contributed by atoms with Crippen LogP contribution in [0.15, 0.2) is 18.2 Å². The van der Waals surface area contributed by atoms with E-state index in [1.807, 2.05) is 0 Å². The van der Waals surface area contributed by atoms with Gasteiger partial charge in [0.05, 0.1) is 5.69 Å². The van der Waals surface area contributed by atoms with E-state index < -0.39 is 6.30 Å². The van der Waals surface area contributed by atoms with Gasteiger partial charge in [-0.2, -0.15) is 5.01 Å². The number of anilines is 1. The van der Waals surface area contributed by atoms with Gasteiger partial charge >= 0.3 is 0 Å². The maximum Gasteiger partial charge on any atom is 0.197 e. The molecule has 0 amide bonds. The normalized spacial score (nSPS) is 22.0. The Hall–Kier alpha value is -1.03. The molecule has 0 fully saturated rings. The standard InChI is InChI=1S/C8H8BFN2/c1-12-8(10)6-4-5(9)2-3-7(6)11-12/h2-4,8,11H,1H3. The van der Waals surface area contributed by atoms with Gasteiger partial charge < -0.3 is 5.43 Å². The molecule has 60 valence electrons. The van der Waals surface area contributed by atoms with Crippen LogP contribution in [0, 0.1) is 0 Å². The lowest BCUT2D eigenvalue weighted by Crippen LogP contribution is -2.19. The van der Waals surface area contributed by atoms with Crippen molar-refractivity contribution in [2.75, 3.05) is 12.5 Å². The van der Waals surface area contributed by atoms with E-state index in [0.29, 0.717) is 11.0 Å². The Bertz CT molecular complexity index is 316. The number of benzene rings is 1. The van der Waals surface area contributed by atoms with Crippen LogP contribution in [-0.4, -0.2) is 19.9 Å². The zero-order valence-corrected chi connectivity index (χ0v) is 6.71. The van der Waals surface area contributed by atoms with Crippen molar-refractivity contribution in [3.8, 4) is 0 Å². The molecule has 0 aliphatic carbocycles. The highest BCUT2D eigenvalue weighted by atomic mass is 19.1. The summed E-state index contributed by atoms with van der Waals surface area (Å²) in [4.78, 5) is 0. The highest BCUT2D eigenvalue weighted by molar-refractivity contribution is 6.32. The van der Waals surface area contributed by atoms with E-state index in [9.17, 15) is 4.39 Å². The highest BCUT2D eigenvalue weighted by Gasteiger charge is 2.26. The zero-order chi connectivity index (χ0) is 8.72. The van der Waals surface area contributed by atoms with Gasteiger partial charge in [0.2, 0.25) is 0 Å². The molecule has 1 aromatic carbocycles. The smallest absolute Gasteiger partial charge is 0.197 e. The molecule has 2 rings (SSSR count). The Morgan fingerprint density at radius 1 is 1.58 bits per heavy atom. The molecule has 1 aromatic rings. The molecular formula is C8H8BFN2. The third-order valence-corrected chi connectivity index (χ3v) is 1.97. The molecule has 2 nitrogen and oxygen atoms in total. The molecular weight excluding hydrogens is 154 g/mol. The van der Waals surface area contributed by atoms with Crippen LogP contribution in [0.3, 0.4) is 0 Å². The number of hydrazine groups is 1. The van der Waals surface area contributed by atoms with Crippen molar-refractivity contribution in [1.29, 1.82) is 0 Å². The number of nitrogens with one attached hydrogen (secondary N) is 1. The second-order valence-electron chi connectivity index (χ2n) is 2.91. The number of rotatable bonds is 0. The van der Waals surface area contributed by atoms with Gasteiger partial charge in [-0.3, -0.25) is 0 Å². The first-order valence-electron chi connectivity index (χ1n) is 3.71. The second kappa shape index (κ2) is 2.49. The Balaban J connectivity index is 2.48. The number of fused-ring (bicyclic) bond motifs is 1. The molecule has 1 unspecified atom stereocenters. The molecule has 1 aliphatic rings. The van der Waals surface area contributed by atoms with Crippen LogP contribution in [0.5, 0.6) is 0 Å². The van der Waals surface area contributed by atoms with Crippen LogP contribution < -0.4 is 10.9 Å². The largest absolute Gasteiger partial charge is 0.316 e. The topological polar surface area (TPSA) is 15.3 Å². The Labute approximate surface area is 71.8 Å². The van der Waals surface area contributed by atoms with Crippen LogP contribution >= 0.6 is 0 Å². The minimum Gasteiger partial charge on any atom is -0.316 e. The zero-order valence-electron chi connectivity index (χ0n) is 6.71. The lowest BCUT2D eigenvalue weighted by atomic mass is 9.94. The molecule has 12 heavy (non-hydrogen) atoms. The van der Waals surface area contributed by atoms with Crippen LogP contribution in [-0.2, 0) is 0 Å². The number of hydrogen-bond donors (Lipinski definition) is 1. The van der Waals surface area contributed by atoms with Gasteiger partial charge in [0.15, 0.2) is 6.30 Å². The quantitative estimate of drug-likeness (QED) is 0.446. The van der Waals surface area contributed by atoms with E-state index in [2.05, 4.69) is 5.43 Å². The average molecular weight is 162 g/mol. The minimum absolute atomic E-state index is 0.591. The number of hydrogen-bond acceptors (Lipinski definition) is 2. The molecule has 0 spiro atoms. The summed E-state index contributed by atoms with van der Waals surface area (Å²) in [5.74, 6) is 0. The predicted octanol–water partition coefficient (Wildman–Crippen LogP) is 0.721. The van der Waals surface area contributed by atoms with E-state index in [4.69, 9.17) is 7.85 Å². The summed E-state index contributed by atoms with van der Waals surface area (Å²) in [6.45, 7) is 0. The van der Waals surface area contributed by atoms with E-state index in [-0.39, 0.29) is 0 Å². The molecule has 1 N–H and O–H groups in total. The Morgan fingerprint density at radius 2 is 2.33 bits per heavy atom. The van der Waals surface area contributed by atoms with Crippen molar-refractivity contribution < 1.29 is 4.39 Å². The van der Waals surface area contributed by atoms with Gasteiger partial charge in [-0.1, -0.05) is 17.6 Å². The molecule has 0 saturated carbocycles. The molecule has 0 saturated heterocycles. The Kier molecular flexibility index (Phi) is 1.58. The van der Waals surface area contributed by atoms with Crippen LogP contribution in [0.2, 0.25) is 0 Å². The van der Waals surface area contributed by atoms with E-state index in [1.165, 1.54) is 5.01 Å². The first-order valence-corrected chi connectivity index (χ1v) is 3.71. The van der Waals surface area contributed by atoms with E-state index in [0.717, 1.165) is 5.69 Å². The summed E-state index contributed by atoms with van der Waals surface area (Å²) >= 11 is 0. The first-order chi connectivity index (χ1) is 5.68. The number of alkyl halides is 1. The summed E-state index contributed by atoms with van der Waals surface area (Å²) in [6, 6.07) is 5.18. The lowest BCUT2D eigenvalue weighted by molar-refractivity contribution is 0.156. The van der Waals surface area contributed by atoms with Crippen LogP contribution in [0.25, 0.3) is 0 Å². The summed E-state index contributed by atoms with van der Waals surface area (Å²) in [5.41, 5.74) is 4.87. The first kappa shape index (κ1) is 7.62. The van der Waals surface area contributed by atoms with Gasteiger partial charge in [0.25, 0.3) is 0 Å². The third kappa shape index (κ3) is 0.993. The van der Waals surface area contributed by atoms with E-state index in [1.54, 1.807) is 25.2 Å². The number of halogens is 1. The molecule has 1 heterocycles. The molecule has 4 heteroatoms. The summed E-state index contributed by atoms with van der Waals surface area (Å²) in [7, 11) is 7.18. The second-order valence-corrected chi connectivity index (χ2v) is 2.91. The average Bonchev–Trinajstić information content (AvgIpc) is 2.31. The Morgan fingerprint density at radius 3 is 3.08 bits per heavy atom. The highest BCUT2D eigenvalue weighted by Crippen LogP contribution is 2.33. The third-order valence-electron chi connectivity index (χ3n) is 1.97. The summed E-state index contributed by atoms with van der Waals surface area (Å²) in [6.07, 6.45) is -1.09. The molecule has 1 atom stereocenters. The van der Waals surface area contributed by atoms with E-state index >= 15 is 0 Å². The fourth-order valence-corrected chi connectivity index (χ4v) is 1.34. The van der Waals surface area contributed by atoms with Gasteiger partial charge in [-0.15, -0.1) is 0 Å². The van der Waals surface area contributed by atoms with Crippen molar-refractivity contribution in [1.82, 2.24) is 5.01 Å². The number of nitrogens with zero attached hydrogens (tertiary/aromatic N) is 1. The summed E-state index contributed by atoms with van der Waals surface area (Å²) < 4.78 is 13.3.